The Hall–Kier alpha value is -2.13. The van der Waals surface area contributed by atoms with E-state index in [4.69, 9.17) is 18.9 Å². The van der Waals surface area contributed by atoms with E-state index in [-0.39, 0.29) is 23.3 Å². The Labute approximate surface area is 217 Å². The summed E-state index contributed by atoms with van der Waals surface area (Å²) in [6.45, 7) is 3.81. The number of carbonyl (C=O) groups is 3. The molecule has 0 radical (unpaired) electrons. The Morgan fingerprint density at radius 3 is 2.32 bits per heavy atom. The van der Waals surface area contributed by atoms with Gasteiger partial charge in [0, 0.05) is 17.9 Å². The van der Waals surface area contributed by atoms with Crippen molar-refractivity contribution in [2.45, 2.75) is 100 Å². The third-order valence-electron chi connectivity index (χ3n) is 10.5. The third-order valence-corrected chi connectivity index (χ3v) is 10.5. The molecule has 37 heavy (non-hydrogen) atoms. The normalized spacial score (nSPS) is 51.1. The van der Waals surface area contributed by atoms with Gasteiger partial charge in [-0.2, -0.15) is 0 Å². The molecule has 0 aromatic rings. The van der Waals surface area contributed by atoms with Crippen LogP contribution in [0.15, 0.2) is 11.6 Å². The molecule has 3 heterocycles. The SMILES string of the molecule is CC1C(=O)OC2CC3(C)OC3C(OC(=O)NC34CC5CC(CC(C5)C3)C4)C(N(C)C)C3=CC(OC3=O)C21. The predicted molar refractivity (Wildman–Crippen MR) is 130 cm³/mol. The third kappa shape index (κ3) is 3.74. The van der Waals surface area contributed by atoms with Crippen molar-refractivity contribution in [2.75, 3.05) is 14.1 Å². The number of hydrogen-bond donors (Lipinski definition) is 1. The first-order valence-corrected chi connectivity index (χ1v) is 14.0. The second-order valence-electron chi connectivity index (χ2n) is 13.5. The van der Waals surface area contributed by atoms with Gasteiger partial charge in [0.15, 0.2) is 6.10 Å². The number of carbonyl (C=O) groups excluding carboxylic acids is 3. The molecule has 1 amide bonds. The van der Waals surface area contributed by atoms with Crippen molar-refractivity contribution >= 4 is 18.0 Å². The zero-order valence-electron chi connectivity index (χ0n) is 22.1. The summed E-state index contributed by atoms with van der Waals surface area (Å²) in [5.74, 6) is 0.733. The first kappa shape index (κ1) is 23.9. The highest BCUT2D eigenvalue weighted by atomic mass is 16.7. The Bertz CT molecular complexity index is 1040. The predicted octanol–water partition coefficient (Wildman–Crippen LogP) is 2.57. The van der Waals surface area contributed by atoms with Crippen LogP contribution in [0.2, 0.25) is 0 Å². The van der Waals surface area contributed by atoms with Crippen LogP contribution in [0.3, 0.4) is 0 Å². The fourth-order valence-electron chi connectivity index (χ4n) is 9.28. The van der Waals surface area contributed by atoms with Crippen LogP contribution in [0.25, 0.3) is 0 Å². The maximum atomic E-state index is 13.5. The molecule has 6 fully saturated rings. The van der Waals surface area contributed by atoms with Crippen molar-refractivity contribution in [2.24, 2.45) is 29.6 Å². The van der Waals surface area contributed by atoms with E-state index in [1.165, 1.54) is 19.3 Å². The van der Waals surface area contributed by atoms with E-state index in [1.54, 1.807) is 0 Å². The van der Waals surface area contributed by atoms with Gasteiger partial charge >= 0.3 is 18.0 Å². The molecule has 8 unspecified atom stereocenters. The molecule has 9 heteroatoms. The molecule has 8 atom stereocenters. The molecule has 202 valence electrons. The van der Waals surface area contributed by atoms with Crippen LogP contribution in [0.1, 0.15) is 58.8 Å². The van der Waals surface area contributed by atoms with Gasteiger partial charge in [0.05, 0.1) is 23.1 Å². The first-order valence-electron chi connectivity index (χ1n) is 14.0. The molecule has 0 aromatic heterocycles. The number of fused-ring (bicyclic) bond motifs is 4. The van der Waals surface area contributed by atoms with Crippen LogP contribution in [0.5, 0.6) is 0 Å². The average Bonchev–Trinajstić information content (AvgIpc) is 3.18. The lowest BCUT2D eigenvalue weighted by Crippen LogP contribution is -2.61. The molecule has 8 aliphatic rings. The highest BCUT2D eigenvalue weighted by Gasteiger charge is 2.65. The minimum atomic E-state index is -0.711. The number of esters is 2. The molecule has 5 aliphatic carbocycles. The topological polar surface area (TPSA) is 107 Å². The van der Waals surface area contributed by atoms with E-state index in [2.05, 4.69) is 5.32 Å². The minimum Gasteiger partial charge on any atom is -0.462 e. The monoisotopic (exact) mass is 514 g/mol. The molecule has 2 saturated heterocycles. The number of likely N-dealkylation sites (N-methyl/N-ethyl adjacent to an activating group) is 1. The lowest BCUT2D eigenvalue weighted by atomic mass is 9.53. The van der Waals surface area contributed by atoms with Gasteiger partial charge in [-0.15, -0.1) is 0 Å². The Morgan fingerprint density at radius 1 is 1.05 bits per heavy atom. The van der Waals surface area contributed by atoms with Crippen LogP contribution in [0.4, 0.5) is 4.79 Å². The summed E-state index contributed by atoms with van der Waals surface area (Å²) >= 11 is 0. The van der Waals surface area contributed by atoms with Crippen LogP contribution >= 0.6 is 0 Å². The van der Waals surface area contributed by atoms with Gasteiger partial charge in [-0.05, 0) is 83.4 Å². The van der Waals surface area contributed by atoms with E-state index in [1.807, 2.05) is 38.9 Å². The maximum Gasteiger partial charge on any atom is 0.408 e. The van der Waals surface area contributed by atoms with Gasteiger partial charge in [0.1, 0.15) is 18.3 Å². The molecule has 3 aliphatic heterocycles. The maximum absolute atomic E-state index is 13.5. The number of ether oxygens (including phenoxy) is 4. The molecule has 9 nitrogen and oxygen atoms in total. The fraction of sp³-hybridized carbons (Fsp3) is 0.821. The van der Waals surface area contributed by atoms with Crippen LogP contribution in [-0.2, 0) is 28.5 Å². The van der Waals surface area contributed by atoms with Gasteiger partial charge < -0.3 is 24.3 Å². The van der Waals surface area contributed by atoms with E-state index >= 15 is 0 Å². The summed E-state index contributed by atoms with van der Waals surface area (Å²) in [5, 5.41) is 3.31. The second kappa shape index (κ2) is 7.94. The lowest BCUT2D eigenvalue weighted by molar-refractivity contribution is -0.144. The van der Waals surface area contributed by atoms with Crippen molar-refractivity contribution in [3.05, 3.63) is 11.6 Å². The van der Waals surface area contributed by atoms with Crippen molar-refractivity contribution < 1.29 is 33.3 Å². The van der Waals surface area contributed by atoms with Gasteiger partial charge in [0.2, 0.25) is 0 Å². The first-order chi connectivity index (χ1) is 17.5. The molecule has 6 bridgehead atoms. The van der Waals surface area contributed by atoms with E-state index in [0.29, 0.717) is 29.7 Å². The van der Waals surface area contributed by atoms with Gasteiger partial charge in [0.25, 0.3) is 0 Å². The molecule has 8 rings (SSSR count). The summed E-state index contributed by atoms with van der Waals surface area (Å²) < 4.78 is 24.0. The summed E-state index contributed by atoms with van der Waals surface area (Å²) in [7, 11) is 3.75. The van der Waals surface area contributed by atoms with E-state index in [9.17, 15) is 14.4 Å². The van der Waals surface area contributed by atoms with Gasteiger partial charge in [-0.1, -0.05) is 6.92 Å². The van der Waals surface area contributed by atoms with E-state index in [0.717, 1.165) is 19.3 Å². The van der Waals surface area contributed by atoms with Gasteiger partial charge in [-0.3, -0.25) is 9.69 Å². The van der Waals surface area contributed by atoms with Crippen LogP contribution in [0, 0.1) is 29.6 Å². The number of rotatable bonds is 3. The quantitative estimate of drug-likeness (QED) is 0.348. The van der Waals surface area contributed by atoms with E-state index < -0.39 is 48.1 Å². The van der Waals surface area contributed by atoms with Crippen molar-refractivity contribution in [1.29, 1.82) is 0 Å². The number of epoxide rings is 1. The summed E-state index contributed by atoms with van der Waals surface area (Å²) in [6.07, 6.45) is 6.68. The summed E-state index contributed by atoms with van der Waals surface area (Å²) in [6, 6.07) is -0.531. The minimum absolute atomic E-state index is 0.179. The molecule has 4 saturated carbocycles. The Balaban J connectivity index is 1.18. The molecule has 0 aromatic carbocycles. The average molecular weight is 515 g/mol. The number of amides is 1. The second-order valence-corrected chi connectivity index (χ2v) is 13.5. The van der Waals surface area contributed by atoms with Crippen molar-refractivity contribution in [3.63, 3.8) is 0 Å². The molecule has 1 N–H and O–H groups in total. The fourth-order valence-corrected chi connectivity index (χ4v) is 9.28. The Morgan fingerprint density at radius 2 is 1.70 bits per heavy atom. The van der Waals surface area contributed by atoms with Crippen molar-refractivity contribution in [1.82, 2.24) is 10.2 Å². The lowest BCUT2D eigenvalue weighted by Gasteiger charge is -2.56. The number of alkyl carbamates (subject to hydrolysis) is 1. The standard InChI is InChI=1S/C28H38N2O7/c1-13-20-18-8-17(25(32)34-18)21(30(3)4)22(23-27(2,37-23)12-19(20)35-24(13)31)36-26(33)29-28-9-14-5-15(10-28)7-16(6-14)11-28/h8,13-16,18-23H,5-7,9-12H2,1-4H3,(H,29,33). The molecular weight excluding hydrogens is 476 g/mol. The summed E-state index contributed by atoms with van der Waals surface area (Å²) in [5.41, 5.74) is -0.359. The molecule has 0 spiro atoms. The van der Waals surface area contributed by atoms with Crippen LogP contribution < -0.4 is 5.32 Å². The highest BCUT2D eigenvalue weighted by molar-refractivity contribution is 5.93. The van der Waals surface area contributed by atoms with Crippen molar-refractivity contribution in [3.8, 4) is 0 Å². The number of nitrogens with zero attached hydrogens (tertiary/aromatic N) is 1. The largest absolute Gasteiger partial charge is 0.462 e. The highest BCUT2D eigenvalue weighted by Crippen LogP contribution is 2.56. The summed E-state index contributed by atoms with van der Waals surface area (Å²) in [4.78, 5) is 41.1. The molecular formula is C28H38N2O7. The number of hydrogen-bond acceptors (Lipinski definition) is 8. The van der Waals surface area contributed by atoms with Crippen LogP contribution in [-0.4, -0.2) is 78.6 Å². The van der Waals surface area contributed by atoms with Gasteiger partial charge in [-0.25, -0.2) is 9.59 Å². The zero-order chi connectivity index (χ0) is 25.9. The number of nitrogens with one attached hydrogen (secondary N) is 1. The smallest absolute Gasteiger partial charge is 0.408 e. The zero-order valence-corrected chi connectivity index (χ0v) is 22.1. The Kier molecular flexibility index (Phi) is 5.14.